The normalized spacial score (nSPS) is 20.0. The third-order valence-corrected chi connectivity index (χ3v) is 8.23. The molecule has 10 heteroatoms. The van der Waals surface area contributed by atoms with Gasteiger partial charge in [-0.1, -0.05) is 18.6 Å². The quantitative estimate of drug-likeness (QED) is 0.447. The summed E-state index contributed by atoms with van der Waals surface area (Å²) in [6.07, 6.45) is 4.38. The van der Waals surface area contributed by atoms with Crippen LogP contribution in [-0.4, -0.2) is 72.0 Å². The Hall–Kier alpha value is -4.08. The van der Waals surface area contributed by atoms with E-state index in [2.05, 4.69) is 20.6 Å². The minimum absolute atomic E-state index is 0.0211. The van der Waals surface area contributed by atoms with Gasteiger partial charge in [-0.3, -0.25) is 14.4 Å². The molecule has 1 spiro atoms. The molecule has 218 valence electrons. The van der Waals surface area contributed by atoms with E-state index in [0.717, 1.165) is 35.4 Å². The van der Waals surface area contributed by atoms with Crippen molar-refractivity contribution in [2.75, 3.05) is 33.4 Å². The van der Waals surface area contributed by atoms with E-state index in [1.807, 2.05) is 42.2 Å². The highest BCUT2D eigenvalue weighted by Crippen LogP contribution is 2.37. The number of nitrogens with zero attached hydrogens (tertiary/aromatic N) is 2. The number of methoxy groups -OCH3 is 1. The molecular formula is C31H39N5O5. The molecule has 2 aromatic carbocycles. The van der Waals surface area contributed by atoms with Crippen molar-refractivity contribution in [1.82, 2.24) is 25.5 Å². The van der Waals surface area contributed by atoms with Crippen molar-refractivity contribution in [1.29, 1.82) is 0 Å². The van der Waals surface area contributed by atoms with Gasteiger partial charge in [0, 0.05) is 38.5 Å². The number of amides is 3. The van der Waals surface area contributed by atoms with Gasteiger partial charge in [0.25, 0.3) is 5.91 Å². The Morgan fingerprint density at radius 3 is 2.73 bits per heavy atom. The first kappa shape index (κ1) is 28.4. The molecule has 2 aliphatic rings. The Morgan fingerprint density at radius 2 is 1.93 bits per heavy atom. The predicted octanol–water partition coefficient (Wildman–Crippen LogP) is 3.61. The van der Waals surface area contributed by atoms with E-state index in [9.17, 15) is 14.4 Å². The number of H-pyrrole nitrogens is 1. The zero-order chi connectivity index (χ0) is 28.8. The fraction of sp³-hybridized carbons (Fsp3) is 0.484. The largest absolute Gasteiger partial charge is 0.497 e. The van der Waals surface area contributed by atoms with Crippen LogP contribution in [0.3, 0.4) is 0 Å². The van der Waals surface area contributed by atoms with Gasteiger partial charge >= 0.3 is 0 Å². The second-order valence-electron chi connectivity index (χ2n) is 11.1. The number of aromatic amines is 1. The maximum absolute atomic E-state index is 13.6. The van der Waals surface area contributed by atoms with Gasteiger partial charge in [0.1, 0.15) is 23.9 Å². The molecule has 3 N–H and O–H groups in total. The van der Waals surface area contributed by atoms with E-state index in [1.165, 1.54) is 0 Å². The average molecular weight is 562 g/mol. The van der Waals surface area contributed by atoms with E-state index >= 15 is 0 Å². The zero-order valence-corrected chi connectivity index (χ0v) is 23.8. The number of piperidine rings is 1. The van der Waals surface area contributed by atoms with E-state index in [0.29, 0.717) is 63.1 Å². The highest BCUT2D eigenvalue weighted by atomic mass is 16.5. The topological polar surface area (TPSA) is 126 Å². The summed E-state index contributed by atoms with van der Waals surface area (Å²) in [7, 11) is 1.63. The molecule has 3 amide bonds. The Bertz CT molecular complexity index is 1390. The summed E-state index contributed by atoms with van der Waals surface area (Å²) < 4.78 is 11.2. The Balaban J connectivity index is 1.19. The lowest BCUT2D eigenvalue weighted by Gasteiger charge is -2.41. The van der Waals surface area contributed by atoms with Gasteiger partial charge in [0.15, 0.2) is 0 Å². The first-order chi connectivity index (χ1) is 19.9. The molecule has 5 rings (SSSR count). The highest BCUT2D eigenvalue weighted by Gasteiger charge is 2.42. The number of para-hydroxylation sites is 1. The number of aryl methyl sites for hydroxylation is 1. The zero-order valence-electron chi connectivity index (χ0n) is 23.8. The number of imidazole rings is 1. The number of likely N-dealkylation sites (tertiary alicyclic amines) is 1. The van der Waals surface area contributed by atoms with Crippen LogP contribution in [0.25, 0.3) is 11.0 Å². The van der Waals surface area contributed by atoms with Gasteiger partial charge in [-0.25, -0.2) is 4.98 Å². The molecule has 1 saturated heterocycles. The van der Waals surface area contributed by atoms with Gasteiger partial charge < -0.3 is 30.0 Å². The molecule has 3 aromatic rings. The maximum Gasteiger partial charge on any atom is 0.255 e. The number of fused-ring (bicyclic) bond motifs is 2. The lowest BCUT2D eigenvalue weighted by Crippen LogP contribution is -2.52. The second-order valence-corrected chi connectivity index (χ2v) is 11.1. The number of hydrogen-bond acceptors (Lipinski definition) is 6. The fourth-order valence-corrected chi connectivity index (χ4v) is 5.74. The van der Waals surface area contributed by atoms with Crippen LogP contribution in [0.4, 0.5) is 0 Å². The summed E-state index contributed by atoms with van der Waals surface area (Å²) in [5, 5.41) is 6.14. The molecule has 2 aliphatic heterocycles. The van der Waals surface area contributed by atoms with E-state index in [4.69, 9.17) is 9.47 Å². The number of aromatic nitrogens is 2. The SMILES string of the molecule is COc1ccc2nc(CCC(=O)N3CCC4(CCCCNC(=O)c5ccccc5OC[C@@H](C)NC4=O)CC3)[nH]c2c1. The first-order valence-corrected chi connectivity index (χ1v) is 14.5. The number of carbonyl (C=O) groups excluding carboxylic acids is 3. The maximum atomic E-state index is 13.6. The van der Waals surface area contributed by atoms with Crippen molar-refractivity contribution in [3.8, 4) is 11.5 Å². The first-order valence-electron chi connectivity index (χ1n) is 14.5. The van der Waals surface area contributed by atoms with Crippen LogP contribution in [0.2, 0.25) is 0 Å². The van der Waals surface area contributed by atoms with Gasteiger partial charge in [-0.2, -0.15) is 0 Å². The number of nitrogens with one attached hydrogen (secondary N) is 3. The minimum Gasteiger partial charge on any atom is -0.497 e. The Labute approximate surface area is 240 Å². The van der Waals surface area contributed by atoms with Gasteiger partial charge in [-0.05, 0) is 56.9 Å². The number of hydrogen-bond donors (Lipinski definition) is 3. The van der Waals surface area contributed by atoms with Crippen LogP contribution in [-0.2, 0) is 16.0 Å². The molecule has 0 saturated carbocycles. The highest BCUT2D eigenvalue weighted by molar-refractivity contribution is 5.96. The van der Waals surface area contributed by atoms with Gasteiger partial charge in [0.05, 0.1) is 35.2 Å². The summed E-state index contributed by atoms with van der Waals surface area (Å²) in [4.78, 5) is 49.2. The summed E-state index contributed by atoms with van der Waals surface area (Å²) in [5.41, 5.74) is 1.68. The summed E-state index contributed by atoms with van der Waals surface area (Å²) >= 11 is 0. The van der Waals surface area contributed by atoms with Crippen LogP contribution in [0.5, 0.6) is 11.5 Å². The lowest BCUT2D eigenvalue weighted by atomic mass is 9.73. The van der Waals surface area contributed by atoms with Crippen LogP contribution in [0.1, 0.15) is 61.6 Å². The number of carbonyl (C=O) groups is 3. The fourth-order valence-electron chi connectivity index (χ4n) is 5.74. The van der Waals surface area contributed by atoms with Crippen LogP contribution in [0.15, 0.2) is 42.5 Å². The average Bonchev–Trinajstić information content (AvgIpc) is 3.40. The van der Waals surface area contributed by atoms with Gasteiger partial charge in [0.2, 0.25) is 11.8 Å². The molecule has 0 unspecified atom stereocenters. The van der Waals surface area contributed by atoms with Crippen LogP contribution in [0, 0.1) is 5.41 Å². The standard InChI is InChI=1S/C31H39N5O5/c1-21-20-41-26-8-4-3-7-23(26)29(38)32-16-6-5-13-31(30(39)33-21)14-17-36(18-15-31)28(37)12-11-27-34-24-10-9-22(40-2)19-25(24)35-27/h3-4,7-10,19,21H,5-6,11-18,20H2,1-2H3,(H,32,38)(H,33,39)(H,34,35)/t21-/m1/s1. The molecule has 1 aromatic heterocycles. The molecule has 41 heavy (non-hydrogen) atoms. The number of benzene rings is 2. The number of rotatable bonds is 4. The lowest BCUT2D eigenvalue weighted by molar-refractivity contribution is -0.141. The van der Waals surface area contributed by atoms with Crippen molar-refractivity contribution in [2.45, 2.75) is 57.9 Å². The molecule has 0 bridgehead atoms. The third-order valence-electron chi connectivity index (χ3n) is 8.23. The van der Waals surface area contributed by atoms with Gasteiger partial charge in [-0.15, -0.1) is 0 Å². The Morgan fingerprint density at radius 1 is 1.12 bits per heavy atom. The number of ether oxygens (including phenoxy) is 2. The molecule has 3 heterocycles. The third kappa shape index (κ3) is 6.64. The molecule has 0 aliphatic carbocycles. The van der Waals surface area contributed by atoms with E-state index in [1.54, 1.807) is 19.2 Å². The monoisotopic (exact) mass is 561 g/mol. The predicted molar refractivity (Wildman–Crippen MR) is 155 cm³/mol. The van der Waals surface area contributed by atoms with Crippen molar-refractivity contribution in [2.24, 2.45) is 5.41 Å². The van der Waals surface area contributed by atoms with Crippen molar-refractivity contribution >= 4 is 28.8 Å². The van der Waals surface area contributed by atoms with Crippen molar-refractivity contribution in [3.05, 3.63) is 53.9 Å². The van der Waals surface area contributed by atoms with Crippen LogP contribution >= 0.6 is 0 Å². The second kappa shape index (κ2) is 12.6. The smallest absolute Gasteiger partial charge is 0.255 e. The minimum atomic E-state index is -0.547. The molecular weight excluding hydrogens is 522 g/mol. The summed E-state index contributed by atoms with van der Waals surface area (Å²) in [5.74, 6) is 1.97. The molecule has 10 nitrogen and oxygen atoms in total. The Kier molecular flexibility index (Phi) is 8.75. The molecule has 1 atom stereocenters. The molecule has 0 radical (unpaired) electrons. The van der Waals surface area contributed by atoms with Crippen LogP contribution < -0.4 is 20.1 Å². The summed E-state index contributed by atoms with van der Waals surface area (Å²) in [6, 6.07) is 12.6. The summed E-state index contributed by atoms with van der Waals surface area (Å²) in [6.45, 7) is 3.77. The van der Waals surface area contributed by atoms with Crippen molar-refractivity contribution < 1.29 is 23.9 Å². The molecule has 1 fully saturated rings. The van der Waals surface area contributed by atoms with E-state index < -0.39 is 5.41 Å². The van der Waals surface area contributed by atoms with E-state index in [-0.39, 0.29) is 30.4 Å². The van der Waals surface area contributed by atoms with Crippen molar-refractivity contribution in [3.63, 3.8) is 0 Å².